The molecule has 4 nitrogen and oxygen atoms in total. The summed E-state index contributed by atoms with van der Waals surface area (Å²) in [7, 11) is 0. The van der Waals surface area contributed by atoms with Crippen LogP contribution in [-0.2, 0) is 4.79 Å². The minimum Gasteiger partial charge on any atom is -0.322 e. The summed E-state index contributed by atoms with van der Waals surface area (Å²) in [6.45, 7) is 2.59. The summed E-state index contributed by atoms with van der Waals surface area (Å²) in [4.78, 5) is 12.0. The van der Waals surface area contributed by atoms with Crippen molar-refractivity contribution in [3.8, 4) is 6.07 Å². The molecule has 1 aromatic carbocycles. The fourth-order valence-corrected chi connectivity index (χ4v) is 2.03. The molecule has 0 aliphatic carbocycles. The van der Waals surface area contributed by atoms with Gasteiger partial charge in [-0.25, -0.2) is 4.39 Å². The zero-order valence-corrected chi connectivity index (χ0v) is 10.1. The summed E-state index contributed by atoms with van der Waals surface area (Å²) in [5, 5.41) is 14.3. The van der Waals surface area contributed by atoms with Crippen LogP contribution in [0.2, 0.25) is 0 Å². The minimum atomic E-state index is -0.639. The molecule has 1 atom stereocenters. The molecular weight excluding hydrogens is 233 g/mol. The highest BCUT2D eigenvalue weighted by Gasteiger charge is 2.36. The molecule has 1 aliphatic heterocycles. The first-order valence-electron chi connectivity index (χ1n) is 5.81. The van der Waals surface area contributed by atoms with Crippen molar-refractivity contribution in [1.29, 1.82) is 5.26 Å². The number of hydrogen-bond acceptors (Lipinski definition) is 3. The number of nitrogens with one attached hydrogen (secondary N) is 2. The Bertz CT molecular complexity index is 515. The second kappa shape index (κ2) is 4.75. The van der Waals surface area contributed by atoms with Gasteiger partial charge in [0, 0.05) is 0 Å². The Morgan fingerprint density at radius 2 is 2.39 bits per heavy atom. The molecule has 2 rings (SSSR count). The van der Waals surface area contributed by atoms with Gasteiger partial charge in [-0.05, 0) is 44.5 Å². The van der Waals surface area contributed by atoms with E-state index in [-0.39, 0.29) is 17.2 Å². The van der Waals surface area contributed by atoms with Crippen molar-refractivity contribution in [2.45, 2.75) is 25.3 Å². The number of nitriles is 1. The lowest BCUT2D eigenvalue weighted by Crippen LogP contribution is -2.48. The van der Waals surface area contributed by atoms with Crippen LogP contribution in [0.15, 0.2) is 18.2 Å². The number of hydrogen-bond donors (Lipinski definition) is 2. The Morgan fingerprint density at radius 3 is 2.94 bits per heavy atom. The molecule has 1 unspecified atom stereocenters. The first-order chi connectivity index (χ1) is 8.55. The van der Waals surface area contributed by atoms with E-state index in [1.54, 1.807) is 6.92 Å². The predicted molar refractivity (Wildman–Crippen MR) is 65.4 cm³/mol. The summed E-state index contributed by atoms with van der Waals surface area (Å²) >= 11 is 0. The molecule has 94 valence electrons. The maximum atomic E-state index is 13.6. The third-order valence-electron chi connectivity index (χ3n) is 3.22. The van der Waals surface area contributed by atoms with Crippen LogP contribution < -0.4 is 10.6 Å². The van der Waals surface area contributed by atoms with Gasteiger partial charge in [-0.3, -0.25) is 4.79 Å². The van der Waals surface area contributed by atoms with Gasteiger partial charge in [-0.1, -0.05) is 0 Å². The number of halogens is 1. The number of amides is 1. The van der Waals surface area contributed by atoms with Gasteiger partial charge in [-0.15, -0.1) is 0 Å². The lowest BCUT2D eigenvalue weighted by atomic mass is 9.99. The Morgan fingerprint density at radius 1 is 1.61 bits per heavy atom. The molecule has 1 fully saturated rings. The number of anilines is 1. The first kappa shape index (κ1) is 12.5. The lowest BCUT2D eigenvalue weighted by molar-refractivity contribution is -0.121. The van der Waals surface area contributed by atoms with E-state index < -0.39 is 11.4 Å². The quantitative estimate of drug-likeness (QED) is 0.837. The van der Waals surface area contributed by atoms with Crippen molar-refractivity contribution < 1.29 is 9.18 Å². The third-order valence-corrected chi connectivity index (χ3v) is 3.22. The molecule has 0 saturated carbocycles. The molecule has 0 aromatic heterocycles. The zero-order valence-electron chi connectivity index (χ0n) is 10.1. The monoisotopic (exact) mass is 247 g/mol. The van der Waals surface area contributed by atoms with Crippen molar-refractivity contribution in [3.63, 3.8) is 0 Å². The number of carbonyl (C=O) groups is 1. The molecule has 0 bridgehead atoms. The Hall–Kier alpha value is -1.93. The second-order valence-electron chi connectivity index (χ2n) is 4.62. The van der Waals surface area contributed by atoms with Gasteiger partial charge in [0.1, 0.15) is 5.82 Å². The van der Waals surface area contributed by atoms with E-state index in [9.17, 15) is 9.18 Å². The molecule has 18 heavy (non-hydrogen) atoms. The predicted octanol–water partition coefficient (Wildman–Crippen LogP) is 1.78. The second-order valence-corrected chi connectivity index (χ2v) is 4.62. The fourth-order valence-electron chi connectivity index (χ4n) is 2.03. The van der Waals surface area contributed by atoms with Crippen LogP contribution in [0.3, 0.4) is 0 Å². The molecule has 0 radical (unpaired) electrons. The van der Waals surface area contributed by atoms with Crippen molar-refractivity contribution in [2.75, 3.05) is 11.9 Å². The van der Waals surface area contributed by atoms with Crippen molar-refractivity contribution in [3.05, 3.63) is 29.6 Å². The maximum absolute atomic E-state index is 13.6. The third kappa shape index (κ3) is 2.34. The largest absolute Gasteiger partial charge is 0.322 e. The molecular formula is C13H14FN3O. The standard InChI is InChI=1S/C13H14FN3O/c1-13(5-2-6-16-13)12(18)17-11-4-3-9(8-15)7-10(11)14/h3-4,7,16H,2,5-6H2,1H3,(H,17,18). The number of nitrogens with zero attached hydrogens (tertiary/aromatic N) is 1. The Kier molecular flexibility index (Phi) is 3.30. The molecule has 2 N–H and O–H groups in total. The topological polar surface area (TPSA) is 64.9 Å². The molecule has 1 saturated heterocycles. The SMILES string of the molecule is CC1(C(=O)Nc2ccc(C#N)cc2F)CCCN1. The summed E-state index contributed by atoms with van der Waals surface area (Å²) in [6, 6.07) is 5.84. The highest BCUT2D eigenvalue weighted by atomic mass is 19.1. The van der Waals surface area contributed by atoms with E-state index in [1.165, 1.54) is 12.1 Å². The van der Waals surface area contributed by atoms with Gasteiger partial charge in [0.05, 0.1) is 22.9 Å². The van der Waals surface area contributed by atoms with Gasteiger partial charge in [0.25, 0.3) is 0 Å². The van der Waals surface area contributed by atoms with Crippen molar-refractivity contribution in [1.82, 2.24) is 5.32 Å². The normalized spacial score (nSPS) is 22.5. The molecule has 5 heteroatoms. The van der Waals surface area contributed by atoms with Gasteiger partial charge >= 0.3 is 0 Å². The van der Waals surface area contributed by atoms with Crippen LogP contribution in [0, 0.1) is 17.1 Å². The highest BCUT2D eigenvalue weighted by molar-refractivity contribution is 5.98. The molecule has 1 heterocycles. The van der Waals surface area contributed by atoms with Gasteiger partial charge in [0.2, 0.25) is 5.91 Å². The van der Waals surface area contributed by atoms with Crippen molar-refractivity contribution in [2.24, 2.45) is 0 Å². The smallest absolute Gasteiger partial charge is 0.244 e. The molecule has 0 spiro atoms. The molecule has 1 amide bonds. The van der Waals surface area contributed by atoms with Crippen LogP contribution in [0.5, 0.6) is 0 Å². The van der Waals surface area contributed by atoms with Crippen LogP contribution in [0.4, 0.5) is 10.1 Å². The zero-order chi connectivity index (χ0) is 13.2. The summed E-state index contributed by atoms with van der Waals surface area (Å²) < 4.78 is 13.6. The van der Waals surface area contributed by atoms with E-state index in [0.717, 1.165) is 25.5 Å². The lowest BCUT2D eigenvalue weighted by Gasteiger charge is -2.23. The number of carbonyl (C=O) groups excluding carboxylic acids is 1. The molecule has 1 aliphatic rings. The van der Waals surface area contributed by atoms with E-state index in [4.69, 9.17) is 5.26 Å². The average Bonchev–Trinajstić information content (AvgIpc) is 2.80. The highest BCUT2D eigenvalue weighted by Crippen LogP contribution is 2.22. The fraction of sp³-hybridized carbons (Fsp3) is 0.385. The van der Waals surface area contributed by atoms with Gasteiger partial charge in [0.15, 0.2) is 0 Å². The van der Waals surface area contributed by atoms with Crippen LogP contribution in [0.1, 0.15) is 25.3 Å². The average molecular weight is 247 g/mol. The van der Waals surface area contributed by atoms with Crippen LogP contribution in [-0.4, -0.2) is 18.0 Å². The van der Waals surface area contributed by atoms with Crippen molar-refractivity contribution >= 4 is 11.6 Å². The number of rotatable bonds is 2. The van der Waals surface area contributed by atoms with Gasteiger partial charge in [-0.2, -0.15) is 5.26 Å². The number of benzene rings is 1. The summed E-state index contributed by atoms with van der Waals surface area (Å²) in [5.74, 6) is -0.840. The Labute approximate surface area is 105 Å². The minimum absolute atomic E-state index is 0.105. The van der Waals surface area contributed by atoms with Crippen LogP contribution in [0.25, 0.3) is 0 Å². The summed E-state index contributed by atoms with van der Waals surface area (Å²) in [5.41, 5.74) is -0.301. The molecule has 1 aromatic rings. The Balaban J connectivity index is 2.15. The van der Waals surface area contributed by atoms with E-state index in [2.05, 4.69) is 10.6 Å². The van der Waals surface area contributed by atoms with Crippen LogP contribution >= 0.6 is 0 Å². The summed E-state index contributed by atoms with van der Waals surface area (Å²) in [6.07, 6.45) is 1.66. The van der Waals surface area contributed by atoms with E-state index >= 15 is 0 Å². The van der Waals surface area contributed by atoms with Gasteiger partial charge < -0.3 is 10.6 Å². The van der Waals surface area contributed by atoms with E-state index in [1.807, 2.05) is 6.07 Å². The maximum Gasteiger partial charge on any atom is 0.244 e. The van der Waals surface area contributed by atoms with E-state index in [0.29, 0.717) is 0 Å². The first-order valence-corrected chi connectivity index (χ1v) is 5.81.